The van der Waals surface area contributed by atoms with E-state index in [2.05, 4.69) is 16.0 Å². The van der Waals surface area contributed by atoms with Crippen LogP contribution in [0.25, 0.3) is 0 Å². The molecule has 2 unspecified atom stereocenters. The van der Waals surface area contributed by atoms with Crippen LogP contribution >= 0.6 is 0 Å². The Morgan fingerprint density at radius 2 is 2.47 bits per heavy atom. The molecule has 0 aromatic carbocycles. The van der Waals surface area contributed by atoms with Crippen molar-refractivity contribution in [2.24, 2.45) is 0 Å². The largest absolute Gasteiger partial charge is 0.469 e. The van der Waals surface area contributed by atoms with Gasteiger partial charge in [-0.25, -0.2) is 0 Å². The highest BCUT2D eigenvalue weighted by Gasteiger charge is 2.24. The van der Waals surface area contributed by atoms with Crippen molar-refractivity contribution in [1.82, 2.24) is 16.0 Å². The molecule has 1 aromatic rings. The van der Waals surface area contributed by atoms with E-state index in [1.165, 1.54) is 0 Å². The maximum absolute atomic E-state index is 11.9. The molecule has 1 aliphatic heterocycles. The summed E-state index contributed by atoms with van der Waals surface area (Å²) in [6, 6.07) is 3.50. The number of piperazine rings is 1. The van der Waals surface area contributed by atoms with Crippen molar-refractivity contribution in [3.8, 4) is 0 Å². The normalized spacial score (nSPS) is 20.7. The van der Waals surface area contributed by atoms with E-state index in [0.29, 0.717) is 6.54 Å². The second kappa shape index (κ2) is 6.38. The van der Waals surface area contributed by atoms with E-state index in [1.807, 2.05) is 19.1 Å². The van der Waals surface area contributed by atoms with Crippen LogP contribution in [0.15, 0.2) is 22.8 Å². The zero-order valence-electron chi connectivity index (χ0n) is 10.9. The van der Waals surface area contributed by atoms with E-state index in [0.717, 1.165) is 18.6 Å². The summed E-state index contributed by atoms with van der Waals surface area (Å²) in [7, 11) is 0. The van der Waals surface area contributed by atoms with E-state index in [-0.39, 0.29) is 30.4 Å². The maximum atomic E-state index is 11.9. The Kier molecular flexibility index (Phi) is 4.57. The number of rotatable bonds is 5. The zero-order valence-corrected chi connectivity index (χ0v) is 10.9. The van der Waals surface area contributed by atoms with Gasteiger partial charge in [-0.1, -0.05) is 0 Å². The molecule has 6 heteroatoms. The van der Waals surface area contributed by atoms with Gasteiger partial charge in [-0.2, -0.15) is 0 Å². The van der Waals surface area contributed by atoms with Crippen LogP contribution in [0.2, 0.25) is 0 Å². The summed E-state index contributed by atoms with van der Waals surface area (Å²) in [5, 5.41) is 8.50. The monoisotopic (exact) mass is 265 g/mol. The fraction of sp³-hybridized carbons (Fsp3) is 0.538. The number of carbonyl (C=O) groups excluding carboxylic acids is 2. The number of furan rings is 1. The molecule has 0 radical (unpaired) electrons. The molecule has 104 valence electrons. The highest BCUT2D eigenvalue weighted by Crippen LogP contribution is 2.05. The van der Waals surface area contributed by atoms with Gasteiger partial charge in [0, 0.05) is 19.0 Å². The summed E-state index contributed by atoms with van der Waals surface area (Å²) in [4.78, 5) is 22.9. The molecule has 0 bridgehead atoms. The molecule has 2 atom stereocenters. The molecule has 2 amide bonds. The van der Waals surface area contributed by atoms with Crippen molar-refractivity contribution in [2.75, 3.05) is 13.1 Å². The molecule has 3 N–H and O–H groups in total. The number of aryl methyl sites for hydroxylation is 1. The highest BCUT2D eigenvalue weighted by molar-refractivity contribution is 5.86. The summed E-state index contributed by atoms with van der Waals surface area (Å²) in [6.45, 7) is 2.50. The Labute approximate surface area is 111 Å². The van der Waals surface area contributed by atoms with E-state index >= 15 is 0 Å². The second-order valence-corrected chi connectivity index (χ2v) is 4.77. The number of hydrogen-bond donors (Lipinski definition) is 3. The summed E-state index contributed by atoms with van der Waals surface area (Å²) >= 11 is 0. The Bertz CT molecular complexity index is 420. The summed E-state index contributed by atoms with van der Waals surface area (Å²) in [6.07, 6.45) is 3.26. The first-order valence-electron chi connectivity index (χ1n) is 6.48. The lowest BCUT2D eigenvalue weighted by Crippen LogP contribution is -2.58. The van der Waals surface area contributed by atoms with E-state index in [1.54, 1.807) is 6.26 Å². The van der Waals surface area contributed by atoms with Gasteiger partial charge in [0.15, 0.2) is 0 Å². The molecule has 2 rings (SSSR count). The lowest BCUT2D eigenvalue weighted by molar-refractivity contribution is -0.127. The van der Waals surface area contributed by atoms with Crippen LogP contribution in [-0.4, -0.2) is 37.0 Å². The lowest BCUT2D eigenvalue weighted by atomic mass is 10.1. The van der Waals surface area contributed by atoms with Crippen LogP contribution in [0.4, 0.5) is 0 Å². The molecule has 0 aliphatic carbocycles. The third-order valence-electron chi connectivity index (χ3n) is 3.12. The van der Waals surface area contributed by atoms with Crippen molar-refractivity contribution < 1.29 is 14.0 Å². The number of nitrogens with one attached hydrogen (secondary N) is 3. The Hall–Kier alpha value is -1.82. The first-order chi connectivity index (χ1) is 9.15. The Morgan fingerprint density at radius 1 is 1.63 bits per heavy atom. The van der Waals surface area contributed by atoms with E-state index in [9.17, 15) is 9.59 Å². The molecular formula is C13H19N3O3. The van der Waals surface area contributed by atoms with Gasteiger partial charge in [-0.15, -0.1) is 0 Å². The van der Waals surface area contributed by atoms with Gasteiger partial charge in [0.1, 0.15) is 11.8 Å². The van der Waals surface area contributed by atoms with Gasteiger partial charge in [-0.3, -0.25) is 14.9 Å². The van der Waals surface area contributed by atoms with Crippen molar-refractivity contribution in [3.63, 3.8) is 0 Å². The minimum atomic E-state index is -0.344. The molecule has 1 aromatic heterocycles. The predicted octanol–water partition coefficient (Wildman–Crippen LogP) is -0.195. The zero-order chi connectivity index (χ0) is 13.7. The van der Waals surface area contributed by atoms with Gasteiger partial charge in [0.2, 0.25) is 11.8 Å². The first-order valence-corrected chi connectivity index (χ1v) is 6.48. The molecule has 0 spiro atoms. The second-order valence-electron chi connectivity index (χ2n) is 4.77. The van der Waals surface area contributed by atoms with Crippen molar-refractivity contribution >= 4 is 11.8 Å². The minimum Gasteiger partial charge on any atom is -0.469 e. The van der Waals surface area contributed by atoms with Crippen LogP contribution in [0.3, 0.4) is 0 Å². The van der Waals surface area contributed by atoms with Crippen LogP contribution in [0.5, 0.6) is 0 Å². The Morgan fingerprint density at radius 3 is 3.11 bits per heavy atom. The molecule has 2 heterocycles. The van der Waals surface area contributed by atoms with Gasteiger partial charge >= 0.3 is 0 Å². The van der Waals surface area contributed by atoms with Gasteiger partial charge < -0.3 is 15.1 Å². The van der Waals surface area contributed by atoms with E-state index in [4.69, 9.17) is 4.42 Å². The quantitative estimate of drug-likeness (QED) is 0.689. The van der Waals surface area contributed by atoms with E-state index < -0.39 is 0 Å². The molecule has 1 saturated heterocycles. The maximum Gasteiger partial charge on any atom is 0.239 e. The molecule has 6 nitrogen and oxygen atoms in total. The molecule has 1 aliphatic rings. The standard InChI is InChI=1S/C13H19N3O3/c1-9(4-5-10-3-2-6-19-10)16-13(18)11-7-15-12(17)8-14-11/h2-3,6,9,11,14H,4-5,7-8H2,1H3,(H,15,17)(H,16,18). The predicted molar refractivity (Wildman–Crippen MR) is 69.4 cm³/mol. The van der Waals surface area contributed by atoms with Crippen LogP contribution < -0.4 is 16.0 Å². The van der Waals surface area contributed by atoms with Gasteiger partial charge in [0.05, 0.1) is 12.8 Å². The average molecular weight is 265 g/mol. The fourth-order valence-electron chi connectivity index (χ4n) is 1.98. The number of carbonyl (C=O) groups is 2. The highest BCUT2D eigenvalue weighted by atomic mass is 16.3. The minimum absolute atomic E-state index is 0.0667. The lowest BCUT2D eigenvalue weighted by Gasteiger charge is -2.24. The van der Waals surface area contributed by atoms with Crippen LogP contribution in [-0.2, 0) is 16.0 Å². The number of amides is 2. The van der Waals surface area contributed by atoms with Crippen LogP contribution in [0, 0.1) is 0 Å². The molecule has 19 heavy (non-hydrogen) atoms. The summed E-state index contributed by atoms with van der Waals surface area (Å²) in [5.74, 6) is 0.769. The van der Waals surface area contributed by atoms with Gasteiger partial charge in [0.25, 0.3) is 0 Å². The molecular weight excluding hydrogens is 246 g/mol. The smallest absolute Gasteiger partial charge is 0.239 e. The molecule has 1 fully saturated rings. The fourth-order valence-corrected chi connectivity index (χ4v) is 1.98. The summed E-state index contributed by atoms with van der Waals surface area (Å²) in [5.41, 5.74) is 0. The SMILES string of the molecule is CC(CCc1ccco1)NC(=O)C1CNC(=O)CN1. The third-order valence-corrected chi connectivity index (χ3v) is 3.12. The van der Waals surface area contributed by atoms with Crippen LogP contribution in [0.1, 0.15) is 19.1 Å². The first kappa shape index (κ1) is 13.6. The summed E-state index contributed by atoms with van der Waals surface area (Å²) < 4.78 is 5.24. The average Bonchev–Trinajstić information content (AvgIpc) is 2.90. The topological polar surface area (TPSA) is 83.4 Å². The molecule has 0 saturated carbocycles. The third kappa shape index (κ3) is 4.10. The van der Waals surface area contributed by atoms with Crippen molar-refractivity contribution in [3.05, 3.63) is 24.2 Å². The van der Waals surface area contributed by atoms with Crippen molar-refractivity contribution in [2.45, 2.75) is 31.8 Å². The number of hydrogen-bond acceptors (Lipinski definition) is 4. The Balaban J connectivity index is 1.70. The van der Waals surface area contributed by atoms with Crippen molar-refractivity contribution in [1.29, 1.82) is 0 Å². The van der Waals surface area contributed by atoms with Gasteiger partial charge in [-0.05, 0) is 25.5 Å².